The average molecular weight is 419 g/mol. The minimum Gasteiger partial charge on any atom is -0.465 e. The quantitative estimate of drug-likeness (QED) is 0.624. The highest BCUT2D eigenvalue weighted by molar-refractivity contribution is 5.97. The van der Waals surface area contributed by atoms with Gasteiger partial charge in [-0.25, -0.2) is 19.7 Å². The van der Waals surface area contributed by atoms with Gasteiger partial charge in [-0.1, -0.05) is 18.2 Å². The Morgan fingerprint density at radius 3 is 2.42 bits per heavy atom. The molecule has 9 heteroatoms. The van der Waals surface area contributed by atoms with Gasteiger partial charge in [0.2, 0.25) is 0 Å². The maximum Gasteiger partial charge on any atom is 0.339 e. The van der Waals surface area contributed by atoms with Gasteiger partial charge in [0.15, 0.2) is 11.6 Å². The third-order valence-electron chi connectivity index (χ3n) is 5.38. The van der Waals surface area contributed by atoms with Gasteiger partial charge in [-0.2, -0.15) is 0 Å². The normalized spacial score (nSPS) is 13.7. The number of carbonyl (C=O) groups is 1. The van der Waals surface area contributed by atoms with E-state index in [1.54, 1.807) is 23.2 Å². The molecule has 31 heavy (non-hydrogen) atoms. The van der Waals surface area contributed by atoms with Crippen molar-refractivity contribution in [1.29, 1.82) is 0 Å². The number of nitrogens with two attached hydrogens (primary N) is 1. The van der Waals surface area contributed by atoms with E-state index < -0.39 is 5.97 Å². The highest BCUT2D eigenvalue weighted by Crippen LogP contribution is 2.34. The van der Waals surface area contributed by atoms with Gasteiger partial charge in [-0.15, -0.1) is 0 Å². The molecule has 4 rings (SSSR count). The Morgan fingerprint density at radius 1 is 1.00 bits per heavy atom. The summed E-state index contributed by atoms with van der Waals surface area (Å²) < 4.78 is 4.91. The highest BCUT2D eigenvalue weighted by atomic mass is 16.5. The Labute approximate surface area is 181 Å². The molecule has 3 heterocycles. The number of piperazine rings is 1. The van der Waals surface area contributed by atoms with Crippen LogP contribution >= 0.6 is 0 Å². The first-order valence-electron chi connectivity index (χ1n) is 10.0. The van der Waals surface area contributed by atoms with E-state index in [1.807, 2.05) is 37.4 Å². The number of hydrogen-bond acceptors (Lipinski definition) is 9. The summed E-state index contributed by atoms with van der Waals surface area (Å²) >= 11 is 0. The van der Waals surface area contributed by atoms with E-state index in [-0.39, 0.29) is 0 Å². The Balaban J connectivity index is 1.56. The lowest BCUT2D eigenvalue weighted by molar-refractivity contribution is 0.0601. The maximum atomic E-state index is 12.2. The molecule has 0 bridgehead atoms. The number of esters is 1. The number of nitrogen functional groups attached to an aromatic ring is 1. The van der Waals surface area contributed by atoms with Crippen molar-refractivity contribution < 1.29 is 9.53 Å². The fourth-order valence-corrected chi connectivity index (χ4v) is 3.75. The van der Waals surface area contributed by atoms with Crippen LogP contribution in [0.1, 0.15) is 10.4 Å². The topological polar surface area (TPSA) is 101 Å². The van der Waals surface area contributed by atoms with Crippen molar-refractivity contribution in [2.45, 2.75) is 0 Å². The summed E-state index contributed by atoms with van der Waals surface area (Å²) in [6.07, 6.45) is 3.31. The molecule has 1 saturated heterocycles. The first-order chi connectivity index (χ1) is 15.1. The number of pyridine rings is 1. The van der Waals surface area contributed by atoms with Crippen LogP contribution in [-0.4, -0.2) is 61.3 Å². The van der Waals surface area contributed by atoms with Gasteiger partial charge in [-0.05, 0) is 24.3 Å². The standard InChI is InChI=1S/C22H25N7O2/c1-27(17-8-4-3-7-16(17)22(30)31-2)20-19(23)21(26-15-25-20)29-13-11-28(12-14-29)18-9-5-6-10-24-18/h3-10,15H,11-14,23H2,1-2H3. The molecule has 0 aliphatic carbocycles. The zero-order valence-corrected chi connectivity index (χ0v) is 17.6. The van der Waals surface area contributed by atoms with Gasteiger partial charge in [0, 0.05) is 39.4 Å². The van der Waals surface area contributed by atoms with Crippen LogP contribution in [-0.2, 0) is 4.74 Å². The second-order valence-corrected chi connectivity index (χ2v) is 7.16. The van der Waals surface area contributed by atoms with E-state index in [2.05, 4.69) is 24.8 Å². The van der Waals surface area contributed by atoms with Gasteiger partial charge in [-0.3, -0.25) is 0 Å². The number of aromatic nitrogens is 3. The summed E-state index contributed by atoms with van der Waals surface area (Å²) in [6, 6.07) is 13.1. The van der Waals surface area contributed by atoms with E-state index >= 15 is 0 Å². The fraction of sp³-hybridized carbons (Fsp3) is 0.273. The molecule has 1 aliphatic rings. The molecule has 0 saturated carbocycles. The zero-order valence-electron chi connectivity index (χ0n) is 17.6. The van der Waals surface area contributed by atoms with Crippen molar-refractivity contribution in [2.24, 2.45) is 0 Å². The second-order valence-electron chi connectivity index (χ2n) is 7.16. The maximum absolute atomic E-state index is 12.2. The Morgan fingerprint density at radius 2 is 1.71 bits per heavy atom. The number of hydrogen-bond donors (Lipinski definition) is 1. The van der Waals surface area contributed by atoms with Gasteiger partial charge in [0.05, 0.1) is 18.4 Å². The van der Waals surface area contributed by atoms with Crippen LogP contribution in [0.2, 0.25) is 0 Å². The molecule has 2 N–H and O–H groups in total. The first kappa shape index (κ1) is 20.4. The Bertz CT molecular complexity index is 1050. The molecule has 0 unspecified atom stereocenters. The molecule has 9 nitrogen and oxygen atoms in total. The number of benzene rings is 1. The van der Waals surface area contributed by atoms with Crippen LogP contribution in [0.15, 0.2) is 55.0 Å². The lowest BCUT2D eigenvalue weighted by Gasteiger charge is -2.36. The number of carbonyl (C=O) groups excluding carboxylic acids is 1. The molecule has 2 aromatic heterocycles. The molecule has 1 aliphatic heterocycles. The van der Waals surface area contributed by atoms with Crippen LogP contribution in [0.4, 0.5) is 28.8 Å². The summed E-state index contributed by atoms with van der Waals surface area (Å²) in [4.78, 5) is 31.6. The number of nitrogens with zero attached hydrogens (tertiary/aromatic N) is 6. The van der Waals surface area contributed by atoms with Gasteiger partial charge in [0.1, 0.15) is 17.8 Å². The third kappa shape index (κ3) is 4.07. The van der Waals surface area contributed by atoms with Crippen molar-refractivity contribution >= 4 is 34.8 Å². The SMILES string of the molecule is COC(=O)c1ccccc1N(C)c1ncnc(N2CCN(c3ccccn3)CC2)c1N. The molecule has 1 aromatic carbocycles. The van der Waals surface area contributed by atoms with E-state index in [1.165, 1.54) is 13.4 Å². The molecule has 1 fully saturated rings. The predicted molar refractivity (Wildman–Crippen MR) is 121 cm³/mol. The van der Waals surface area contributed by atoms with Crippen molar-refractivity contribution in [3.63, 3.8) is 0 Å². The molecular weight excluding hydrogens is 394 g/mol. The largest absolute Gasteiger partial charge is 0.465 e. The fourth-order valence-electron chi connectivity index (χ4n) is 3.75. The van der Waals surface area contributed by atoms with Gasteiger partial charge in [0.25, 0.3) is 0 Å². The number of methoxy groups -OCH3 is 1. The summed E-state index contributed by atoms with van der Waals surface area (Å²) in [5.41, 5.74) is 8.07. The predicted octanol–water partition coefficient (Wildman–Crippen LogP) is 2.33. The van der Waals surface area contributed by atoms with Crippen molar-refractivity contribution in [2.75, 3.05) is 60.8 Å². The summed E-state index contributed by atoms with van der Waals surface area (Å²) in [6.45, 7) is 3.16. The zero-order chi connectivity index (χ0) is 21.8. The van der Waals surface area contributed by atoms with Crippen molar-refractivity contribution in [3.8, 4) is 0 Å². The van der Waals surface area contributed by atoms with Crippen LogP contribution in [0.25, 0.3) is 0 Å². The lowest BCUT2D eigenvalue weighted by Crippen LogP contribution is -2.47. The highest BCUT2D eigenvalue weighted by Gasteiger charge is 2.24. The van der Waals surface area contributed by atoms with Crippen LogP contribution in [0.3, 0.4) is 0 Å². The van der Waals surface area contributed by atoms with E-state index in [9.17, 15) is 4.79 Å². The third-order valence-corrected chi connectivity index (χ3v) is 5.38. The molecule has 0 amide bonds. The van der Waals surface area contributed by atoms with Crippen LogP contribution in [0, 0.1) is 0 Å². The molecule has 0 spiro atoms. The Hall–Kier alpha value is -3.88. The van der Waals surface area contributed by atoms with Crippen LogP contribution < -0.4 is 20.4 Å². The monoisotopic (exact) mass is 419 g/mol. The number of rotatable bonds is 5. The molecule has 160 valence electrons. The average Bonchev–Trinajstić information content (AvgIpc) is 2.84. The minimum absolute atomic E-state index is 0.416. The van der Waals surface area contributed by atoms with Crippen molar-refractivity contribution in [3.05, 3.63) is 60.6 Å². The van der Waals surface area contributed by atoms with Gasteiger partial charge < -0.3 is 25.2 Å². The number of para-hydroxylation sites is 1. The summed E-state index contributed by atoms with van der Waals surface area (Å²) in [5, 5.41) is 0. The second kappa shape index (κ2) is 8.86. The molecule has 0 atom stereocenters. The van der Waals surface area contributed by atoms with Crippen molar-refractivity contribution in [1.82, 2.24) is 15.0 Å². The lowest BCUT2D eigenvalue weighted by atomic mass is 10.1. The van der Waals surface area contributed by atoms with Crippen LogP contribution in [0.5, 0.6) is 0 Å². The van der Waals surface area contributed by atoms with Gasteiger partial charge >= 0.3 is 5.97 Å². The Kier molecular flexibility index (Phi) is 5.83. The first-order valence-corrected chi connectivity index (χ1v) is 10.0. The number of ether oxygens (including phenoxy) is 1. The summed E-state index contributed by atoms with van der Waals surface area (Å²) in [5.74, 6) is 1.78. The number of anilines is 5. The van der Waals surface area contributed by atoms with E-state index in [4.69, 9.17) is 10.5 Å². The molecule has 3 aromatic rings. The molecule has 0 radical (unpaired) electrons. The van der Waals surface area contributed by atoms with E-state index in [0.29, 0.717) is 28.6 Å². The smallest absolute Gasteiger partial charge is 0.339 e. The van der Waals surface area contributed by atoms with E-state index in [0.717, 1.165) is 32.0 Å². The molecular formula is C22H25N7O2. The summed E-state index contributed by atoms with van der Waals surface area (Å²) in [7, 11) is 3.18. The minimum atomic E-state index is -0.416.